The second kappa shape index (κ2) is 2.87. The van der Waals surface area contributed by atoms with E-state index in [0.29, 0.717) is 0 Å². The highest BCUT2D eigenvalue weighted by molar-refractivity contribution is 5.28. The molecule has 10 heavy (non-hydrogen) atoms. The van der Waals surface area contributed by atoms with Crippen molar-refractivity contribution in [1.29, 1.82) is 0 Å². The van der Waals surface area contributed by atoms with Crippen LogP contribution in [0.4, 0.5) is 0 Å². The Hall–Kier alpha value is -0.780. The number of rotatable bonds is 1. The van der Waals surface area contributed by atoms with E-state index in [9.17, 15) is 0 Å². The van der Waals surface area contributed by atoms with E-state index < -0.39 is 0 Å². The van der Waals surface area contributed by atoms with Crippen LogP contribution >= 0.6 is 0 Å². The topological polar surface area (TPSA) is 0 Å². The van der Waals surface area contributed by atoms with Crippen molar-refractivity contribution in [3.05, 3.63) is 34.9 Å². The van der Waals surface area contributed by atoms with Crippen LogP contribution in [0.1, 0.15) is 23.6 Å². The van der Waals surface area contributed by atoms with Gasteiger partial charge in [0.25, 0.3) is 0 Å². The Morgan fingerprint density at radius 1 is 1.30 bits per heavy atom. The van der Waals surface area contributed by atoms with Gasteiger partial charge in [-0.25, -0.2) is 0 Å². The quantitative estimate of drug-likeness (QED) is 0.552. The molecule has 1 rings (SSSR count). The largest absolute Gasteiger partial charge is 0.0613 e. The second-order valence-corrected chi connectivity index (χ2v) is 2.68. The van der Waals surface area contributed by atoms with E-state index in [4.69, 9.17) is 0 Å². The van der Waals surface area contributed by atoms with Gasteiger partial charge >= 0.3 is 0 Å². The molecule has 0 spiro atoms. The molecule has 0 aromatic heterocycles. The maximum Gasteiger partial charge on any atom is -0.0146 e. The van der Waals surface area contributed by atoms with Crippen molar-refractivity contribution in [2.45, 2.75) is 27.2 Å². The Labute approximate surface area is 62.9 Å². The molecule has 1 radical (unpaired) electrons. The smallest absolute Gasteiger partial charge is 0.0146 e. The molecule has 0 aliphatic rings. The molecule has 53 valence electrons. The van der Waals surface area contributed by atoms with E-state index in [-0.39, 0.29) is 0 Å². The summed E-state index contributed by atoms with van der Waals surface area (Å²) in [7, 11) is 0. The van der Waals surface area contributed by atoms with Crippen molar-refractivity contribution < 1.29 is 0 Å². The molecule has 0 aliphatic heterocycles. The zero-order valence-electron chi connectivity index (χ0n) is 6.86. The summed E-state index contributed by atoms with van der Waals surface area (Å²) in [6.07, 6.45) is 1.08. The lowest BCUT2D eigenvalue weighted by molar-refractivity contribution is 1.12. The summed E-state index contributed by atoms with van der Waals surface area (Å²) < 4.78 is 0. The molecule has 0 heterocycles. The molecule has 0 atom stereocenters. The van der Waals surface area contributed by atoms with Gasteiger partial charge in [0.2, 0.25) is 0 Å². The minimum absolute atomic E-state index is 1.08. The molecule has 1 aromatic carbocycles. The molecular weight excluding hydrogens is 120 g/mol. The van der Waals surface area contributed by atoms with Crippen LogP contribution in [0.5, 0.6) is 0 Å². The first-order chi connectivity index (χ1) is 4.74. The lowest BCUT2D eigenvalue weighted by Gasteiger charge is -2.00. The van der Waals surface area contributed by atoms with Crippen LogP contribution in [-0.4, -0.2) is 0 Å². The van der Waals surface area contributed by atoms with Crippen LogP contribution in [0.3, 0.4) is 0 Å². The van der Waals surface area contributed by atoms with E-state index in [2.05, 4.69) is 39.0 Å². The molecule has 0 aliphatic carbocycles. The SMILES string of the molecule is CCc1[c]cc(C)c(C)c1. The number of hydrogen-bond acceptors (Lipinski definition) is 0. The molecule has 0 saturated heterocycles. The van der Waals surface area contributed by atoms with Gasteiger partial charge in [-0.2, -0.15) is 0 Å². The van der Waals surface area contributed by atoms with Crippen molar-refractivity contribution >= 4 is 0 Å². The molecule has 0 amide bonds. The van der Waals surface area contributed by atoms with E-state index in [1.807, 2.05) is 0 Å². The van der Waals surface area contributed by atoms with Gasteiger partial charge in [0.15, 0.2) is 0 Å². The standard InChI is InChI=1S/C10H13/c1-4-10-6-5-8(2)9(3)7-10/h5,7H,4H2,1-3H3. The summed E-state index contributed by atoms with van der Waals surface area (Å²) >= 11 is 0. The third-order valence-electron chi connectivity index (χ3n) is 1.87. The summed E-state index contributed by atoms with van der Waals surface area (Å²) in [6, 6.07) is 7.49. The first kappa shape index (κ1) is 7.33. The van der Waals surface area contributed by atoms with Crippen LogP contribution in [0.15, 0.2) is 12.1 Å². The van der Waals surface area contributed by atoms with Crippen LogP contribution in [0.25, 0.3) is 0 Å². The van der Waals surface area contributed by atoms with Gasteiger partial charge < -0.3 is 0 Å². The van der Waals surface area contributed by atoms with Crippen LogP contribution in [0.2, 0.25) is 0 Å². The van der Waals surface area contributed by atoms with Gasteiger partial charge in [-0.3, -0.25) is 0 Å². The predicted molar refractivity (Wildman–Crippen MR) is 44.1 cm³/mol. The van der Waals surface area contributed by atoms with Gasteiger partial charge in [-0.05, 0) is 43.0 Å². The average Bonchev–Trinajstić information content (AvgIpc) is 1.95. The van der Waals surface area contributed by atoms with E-state index in [1.54, 1.807) is 0 Å². The fourth-order valence-electron chi connectivity index (χ4n) is 0.936. The van der Waals surface area contributed by atoms with Crippen molar-refractivity contribution in [2.24, 2.45) is 0 Å². The number of aryl methyl sites for hydroxylation is 3. The average molecular weight is 133 g/mol. The van der Waals surface area contributed by atoms with Crippen molar-refractivity contribution in [1.82, 2.24) is 0 Å². The normalized spacial score (nSPS) is 9.90. The second-order valence-electron chi connectivity index (χ2n) is 2.68. The van der Waals surface area contributed by atoms with Gasteiger partial charge in [-0.1, -0.05) is 19.1 Å². The van der Waals surface area contributed by atoms with Crippen molar-refractivity contribution in [3.63, 3.8) is 0 Å². The summed E-state index contributed by atoms with van der Waals surface area (Å²) in [6.45, 7) is 6.41. The molecule has 0 fully saturated rings. The zero-order valence-corrected chi connectivity index (χ0v) is 6.86. The van der Waals surface area contributed by atoms with Gasteiger partial charge in [0.05, 0.1) is 0 Å². The first-order valence-corrected chi connectivity index (χ1v) is 3.72. The molecule has 0 saturated carbocycles. The summed E-state index contributed by atoms with van der Waals surface area (Å²) in [5.41, 5.74) is 4.01. The van der Waals surface area contributed by atoms with E-state index in [0.717, 1.165) is 6.42 Å². The predicted octanol–water partition coefficient (Wildman–Crippen LogP) is 2.67. The molecule has 0 N–H and O–H groups in total. The molecule has 0 nitrogen and oxygen atoms in total. The lowest BCUT2D eigenvalue weighted by atomic mass is 10.1. The maximum atomic E-state index is 3.23. The Kier molecular flexibility index (Phi) is 2.10. The van der Waals surface area contributed by atoms with Crippen LogP contribution in [0, 0.1) is 19.9 Å². The fraction of sp³-hybridized carbons (Fsp3) is 0.400. The maximum absolute atomic E-state index is 3.23. The lowest BCUT2D eigenvalue weighted by Crippen LogP contribution is -1.84. The monoisotopic (exact) mass is 133 g/mol. The van der Waals surface area contributed by atoms with Gasteiger partial charge in [-0.15, -0.1) is 0 Å². The van der Waals surface area contributed by atoms with Gasteiger partial charge in [0, 0.05) is 0 Å². The summed E-state index contributed by atoms with van der Waals surface area (Å²) in [4.78, 5) is 0. The van der Waals surface area contributed by atoms with Gasteiger partial charge in [0.1, 0.15) is 0 Å². The highest BCUT2D eigenvalue weighted by Gasteiger charge is 1.92. The highest BCUT2D eigenvalue weighted by Crippen LogP contribution is 2.08. The fourth-order valence-corrected chi connectivity index (χ4v) is 0.936. The Morgan fingerprint density at radius 3 is 2.50 bits per heavy atom. The Bertz CT molecular complexity index is 223. The molecule has 0 unspecified atom stereocenters. The minimum Gasteiger partial charge on any atom is -0.0613 e. The molecule has 0 heteroatoms. The zero-order chi connectivity index (χ0) is 7.56. The highest BCUT2D eigenvalue weighted by atomic mass is 14.0. The van der Waals surface area contributed by atoms with Crippen LogP contribution < -0.4 is 0 Å². The van der Waals surface area contributed by atoms with Crippen LogP contribution in [-0.2, 0) is 6.42 Å². The minimum atomic E-state index is 1.08. The van der Waals surface area contributed by atoms with Crippen molar-refractivity contribution in [3.8, 4) is 0 Å². The Balaban J connectivity index is 3.04. The summed E-state index contributed by atoms with van der Waals surface area (Å²) in [5, 5.41) is 0. The first-order valence-electron chi connectivity index (χ1n) is 3.72. The third-order valence-corrected chi connectivity index (χ3v) is 1.87. The summed E-state index contributed by atoms with van der Waals surface area (Å²) in [5.74, 6) is 0. The Morgan fingerprint density at radius 2 is 2.00 bits per heavy atom. The molecule has 1 aromatic rings. The van der Waals surface area contributed by atoms with E-state index >= 15 is 0 Å². The molecule has 0 bridgehead atoms. The third kappa shape index (κ3) is 1.38. The number of hydrogen-bond donors (Lipinski definition) is 0. The molecular formula is C10H13. The van der Waals surface area contributed by atoms with Crippen molar-refractivity contribution in [2.75, 3.05) is 0 Å². The van der Waals surface area contributed by atoms with E-state index in [1.165, 1.54) is 16.7 Å². The number of benzene rings is 1.